The van der Waals surface area contributed by atoms with Gasteiger partial charge in [-0.25, -0.2) is 4.39 Å². The molecule has 0 bridgehead atoms. The lowest BCUT2D eigenvalue weighted by Crippen LogP contribution is -2.28. The molecule has 1 N–H and O–H groups in total. The molecule has 0 aliphatic heterocycles. The molecule has 20 heavy (non-hydrogen) atoms. The van der Waals surface area contributed by atoms with Gasteiger partial charge in [-0.2, -0.15) is 0 Å². The summed E-state index contributed by atoms with van der Waals surface area (Å²) in [5, 5.41) is 2.94. The summed E-state index contributed by atoms with van der Waals surface area (Å²) >= 11 is 0. The van der Waals surface area contributed by atoms with Crippen molar-refractivity contribution in [2.45, 2.75) is 45.1 Å². The Labute approximate surface area is 119 Å². The molecule has 0 spiro atoms. The number of ether oxygens (including phenoxy) is 1. The minimum atomic E-state index is -0.401. The molecule has 1 unspecified atom stereocenters. The lowest BCUT2D eigenvalue weighted by Gasteiger charge is -2.16. The van der Waals surface area contributed by atoms with E-state index in [9.17, 15) is 9.18 Å². The van der Waals surface area contributed by atoms with Crippen LogP contribution < -0.4 is 10.1 Å². The number of carbonyl (C=O) groups excluding carboxylic acids is 1. The molecule has 1 atom stereocenters. The Bertz CT molecular complexity index is 470. The van der Waals surface area contributed by atoms with Crippen molar-refractivity contribution in [3.05, 3.63) is 29.6 Å². The van der Waals surface area contributed by atoms with Gasteiger partial charge in [-0.1, -0.05) is 18.9 Å². The number of hydrogen-bond donors (Lipinski definition) is 1. The van der Waals surface area contributed by atoms with E-state index in [4.69, 9.17) is 4.74 Å². The predicted molar refractivity (Wildman–Crippen MR) is 76.1 cm³/mol. The molecule has 0 aromatic heterocycles. The lowest BCUT2D eigenvalue weighted by atomic mass is 10.0. The first-order chi connectivity index (χ1) is 9.60. The molecule has 1 saturated carbocycles. The number of carbonyl (C=O) groups is 1. The van der Waals surface area contributed by atoms with E-state index in [1.165, 1.54) is 26.0 Å². The van der Waals surface area contributed by atoms with Crippen LogP contribution in [0.5, 0.6) is 5.75 Å². The van der Waals surface area contributed by atoms with E-state index in [0.717, 1.165) is 18.4 Å². The topological polar surface area (TPSA) is 38.3 Å². The molecular weight excluding hydrogens is 257 g/mol. The van der Waals surface area contributed by atoms with Crippen molar-refractivity contribution < 1.29 is 13.9 Å². The standard InChI is InChI=1S/C16H22FNO2/c1-11(13-7-8-15(20-2)14(17)10-13)18-16(19)9-12-5-3-4-6-12/h7-8,10-12H,3-6,9H2,1-2H3,(H,18,19). The van der Waals surface area contributed by atoms with E-state index in [1.807, 2.05) is 6.92 Å². The maximum absolute atomic E-state index is 13.6. The van der Waals surface area contributed by atoms with Crippen molar-refractivity contribution in [3.8, 4) is 5.75 Å². The highest BCUT2D eigenvalue weighted by atomic mass is 19.1. The van der Waals surface area contributed by atoms with Crippen LogP contribution in [0, 0.1) is 11.7 Å². The normalized spacial score (nSPS) is 16.9. The van der Waals surface area contributed by atoms with Gasteiger partial charge in [-0.15, -0.1) is 0 Å². The summed E-state index contributed by atoms with van der Waals surface area (Å²) in [7, 11) is 1.44. The highest BCUT2D eigenvalue weighted by Crippen LogP contribution is 2.28. The first kappa shape index (κ1) is 14.8. The van der Waals surface area contributed by atoms with E-state index >= 15 is 0 Å². The molecule has 3 nitrogen and oxygen atoms in total. The third-order valence-corrected chi connectivity index (χ3v) is 4.00. The molecule has 0 radical (unpaired) electrons. The second-order valence-electron chi connectivity index (χ2n) is 5.54. The molecular formula is C16H22FNO2. The van der Waals surface area contributed by atoms with Crippen LogP contribution in [-0.2, 0) is 4.79 Å². The molecule has 1 aliphatic rings. The Morgan fingerprint density at radius 1 is 1.45 bits per heavy atom. The van der Waals surface area contributed by atoms with Gasteiger partial charge in [0, 0.05) is 6.42 Å². The number of methoxy groups -OCH3 is 1. The molecule has 1 aromatic rings. The Kier molecular flexibility index (Phi) is 4.99. The van der Waals surface area contributed by atoms with E-state index in [-0.39, 0.29) is 17.7 Å². The van der Waals surface area contributed by atoms with Crippen LogP contribution in [0.4, 0.5) is 4.39 Å². The van der Waals surface area contributed by atoms with Crippen molar-refractivity contribution in [2.75, 3.05) is 7.11 Å². The number of hydrogen-bond acceptors (Lipinski definition) is 2. The first-order valence-corrected chi connectivity index (χ1v) is 7.23. The smallest absolute Gasteiger partial charge is 0.220 e. The molecule has 1 aromatic carbocycles. The average molecular weight is 279 g/mol. The first-order valence-electron chi connectivity index (χ1n) is 7.23. The highest BCUT2D eigenvalue weighted by Gasteiger charge is 2.19. The fraction of sp³-hybridized carbons (Fsp3) is 0.562. The number of halogens is 1. The number of benzene rings is 1. The third-order valence-electron chi connectivity index (χ3n) is 4.00. The van der Waals surface area contributed by atoms with Crippen molar-refractivity contribution >= 4 is 5.91 Å². The van der Waals surface area contributed by atoms with Gasteiger partial charge in [-0.3, -0.25) is 4.79 Å². The highest BCUT2D eigenvalue weighted by molar-refractivity contribution is 5.76. The molecule has 2 rings (SSSR count). The summed E-state index contributed by atoms with van der Waals surface area (Å²) in [6, 6.07) is 4.59. The van der Waals surface area contributed by atoms with Crippen LogP contribution in [0.15, 0.2) is 18.2 Å². The molecule has 0 saturated heterocycles. The van der Waals surface area contributed by atoms with Gasteiger partial charge in [-0.05, 0) is 43.4 Å². The molecule has 1 aliphatic carbocycles. The fourth-order valence-electron chi connectivity index (χ4n) is 2.81. The largest absolute Gasteiger partial charge is 0.494 e. The summed E-state index contributed by atoms with van der Waals surface area (Å²) in [6.07, 6.45) is 5.36. The van der Waals surface area contributed by atoms with Crippen molar-refractivity contribution in [1.29, 1.82) is 0 Å². The molecule has 1 fully saturated rings. The van der Waals surface area contributed by atoms with Crippen LogP contribution in [0.2, 0.25) is 0 Å². The molecule has 0 heterocycles. The van der Waals surface area contributed by atoms with Gasteiger partial charge >= 0.3 is 0 Å². The molecule has 110 valence electrons. The summed E-state index contributed by atoms with van der Waals surface area (Å²) in [4.78, 5) is 12.0. The Morgan fingerprint density at radius 2 is 2.15 bits per heavy atom. The van der Waals surface area contributed by atoms with Crippen LogP contribution in [-0.4, -0.2) is 13.0 Å². The minimum Gasteiger partial charge on any atom is -0.494 e. The van der Waals surface area contributed by atoms with E-state index in [1.54, 1.807) is 12.1 Å². The van der Waals surface area contributed by atoms with Crippen LogP contribution >= 0.6 is 0 Å². The van der Waals surface area contributed by atoms with Gasteiger partial charge in [0.2, 0.25) is 5.91 Å². The summed E-state index contributed by atoms with van der Waals surface area (Å²) in [5.41, 5.74) is 0.753. The zero-order chi connectivity index (χ0) is 14.5. The van der Waals surface area contributed by atoms with Crippen molar-refractivity contribution in [3.63, 3.8) is 0 Å². The summed E-state index contributed by atoms with van der Waals surface area (Å²) in [5.74, 6) is 0.399. The van der Waals surface area contributed by atoms with Gasteiger partial charge in [0.15, 0.2) is 11.6 Å². The van der Waals surface area contributed by atoms with Crippen molar-refractivity contribution in [1.82, 2.24) is 5.32 Å². The van der Waals surface area contributed by atoms with Gasteiger partial charge < -0.3 is 10.1 Å². The monoisotopic (exact) mass is 279 g/mol. The number of nitrogens with one attached hydrogen (secondary N) is 1. The number of rotatable bonds is 5. The summed E-state index contributed by atoms with van der Waals surface area (Å²) in [6.45, 7) is 1.87. The Balaban J connectivity index is 1.91. The van der Waals surface area contributed by atoms with Crippen LogP contribution in [0.3, 0.4) is 0 Å². The lowest BCUT2D eigenvalue weighted by molar-refractivity contribution is -0.122. The SMILES string of the molecule is COc1ccc(C(C)NC(=O)CC2CCCC2)cc1F. The van der Waals surface area contributed by atoms with Gasteiger partial charge in [0.1, 0.15) is 0 Å². The zero-order valence-corrected chi connectivity index (χ0v) is 12.1. The zero-order valence-electron chi connectivity index (χ0n) is 12.1. The summed E-state index contributed by atoms with van der Waals surface area (Å²) < 4.78 is 18.5. The maximum atomic E-state index is 13.6. The Morgan fingerprint density at radius 3 is 2.75 bits per heavy atom. The van der Waals surface area contributed by atoms with Gasteiger partial charge in [0.05, 0.1) is 13.2 Å². The predicted octanol–water partition coefficient (Wildman–Crippen LogP) is 3.59. The fourth-order valence-corrected chi connectivity index (χ4v) is 2.81. The van der Waals surface area contributed by atoms with E-state index in [2.05, 4.69) is 5.32 Å². The van der Waals surface area contributed by atoms with E-state index in [0.29, 0.717) is 12.3 Å². The second kappa shape index (κ2) is 6.73. The van der Waals surface area contributed by atoms with Gasteiger partial charge in [0.25, 0.3) is 0 Å². The quantitative estimate of drug-likeness (QED) is 0.894. The van der Waals surface area contributed by atoms with Crippen LogP contribution in [0.1, 0.15) is 50.6 Å². The second-order valence-corrected chi connectivity index (χ2v) is 5.54. The minimum absolute atomic E-state index is 0.0561. The average Bonchev–Trinajstić information content (AvgIpc) is 2.91. The van der Waals surface area contributed by atoms with Crippen LogP contribution in [0.25, 0.3) is 0 Å². The van der Waals surface area contributed by atoms with Crippen molar-refractivity contribution in [2.24, 2.45) is 5.92 Å². The van der Waals surface area contributed by atoms with E-state index < -0.39 is 5.82 Å². The third kappa shape index (κ3) is 3.71. The molecule has 4 heteroatoms. The number of amides is 1. The molecule has 1 amide bonds. The Hall–Kier alpha value is -1.58. The maximum Gasteiger partial charge on any atom is 0.220 e.